The van der Waals surface area contributed by atoms with Crippen LogP contribution in [0.25, 0.3) is 6.08 Å². The van der Waals surface area contributed by atoms with Crippen molar-refractivity contribution >= 4 is 23.7 Å². The average Bonchev–Trinajstić information content (AvgIpc) is 2.69. The lowest BCUT2D eigenvalue weighted by molar-refractivity contribution is -0.113. The number of nitrogens with one attached hydrogen (secondary N) is 3. The normalized spacial score (nSPS) is 16.5. The van der Waals surface area contributed by atoms with Crippen LogP contribution in [-0.2, 0) is 4.79 Å². The number of carbonyl (C=O) groups excluding carboxylic acids is 2. The Labute approximate surface area is 164 Å². The van der Waals surface area contributed by atoms with Gasteiger partial charge in [0, 0.05) is 11.4 Å². The van der Waals surface area contributed by atoms with Gasteiger partial charge >= 0.3 is 6.03 Å². The second-order valence-electron chi connectivity index (χ2n) is 6.42. The van der Waals surface area contributed by atoms with Crippen molar-refractivity contribution < 1.29 is 14.3 Å². The number of rotatable bonds is 6. The largest absolute Gasteiger partial charge is 0.497 e. The third-order valence-corrected chi connectivity index (χ3v) is 4.43. The molecular formula is C22H23N3O3. The molecule has 3 amide bonds. The summed E-state index contributed by atoms with van der Waals surface area (Å²) in [5, 5.41) is 8.38. The van der Waals surface area contributed by atoms with Crippen molar-refractivity contribution in [1.29, 1.82) is 0 Å². The number of hydrogen-bond acceptors (Lipinski definition) is 3. The SMILES string of the molecule is COc1ccc(NC(=O)C2=C(C)NC(=O)NC2C/C=C/c2ccccc2)cc1. The van der Waals surface area contributed by atoms with Crippen LogP contribution in [0.4, 0.5) is 10.5 Å². The van der Waals surface area contributed by atoms with Crippen molar-refractivity contribution in [3.8, 4) is 5.75 Å². The van der Waals surface area contributed by atoms with Gasteiger partial charge in [-0.3, -0.25) is 4.79 Å². The van der Waals surface area contributed by atoms with Gasteiger partial charge in [-0.15, -0.1) is 0 Å². The molecule has 0 saturated heterocycles. The van der Waals surface area contributed by atoms with Crippen molar-refractivity contribution in [3.05, 3.63) is 77.5 Å². The number of anilines is 1. The first-order valence-electron chi connectivity index (χ1n) is 9.02. The van der Waals surface area contributed by atoms with Crippen LogP contribution in [0.1, 0.15) is 18.9 Å². The molecule has 1 unspecified atom stereocenters. The number of methoxy groups -OCH3 is 1. The standard InChI is InChI=1S/C22H23N3O3/c1-15-20(21(26)24-17-11-13-18(28-2)14-12-17)19(25-22(27)23-15)10-6-9-16-7-4-3-5-8-16/h3-9,11-14,19H,10H2,1-2H3,(H,24,26)(H2,23,25,27)/b9-6+. The molecule has 3 rings (SSSR count). The maximum atomic E-state index is 12.9. The highest BCUT2D eigenvalue weighted by molar-refractivity contribution is 6.06. The molecule has 1 aliphatic heterocycles. The number of ether oxygens (including phenoxy) is 1. The van der Waals surface area contributed by atoms with E-state index in [-0.39, 0.29) is 11.9 Å². The second kappa shape index (κ2) is 8.90. The Hall–Kier alpha value is -3.54. The Balaban J connectivity index is 1.74. The molecule has 2 aromatic carbocycles. The van der Waals surface area contributed by atoms with Crippen molar-refractivity contribution in [2.24, 2.45) is 0 Å². The fourth-order valence-electron chi connectivity index (χ4n) is 3.05. The Morgan fingerprint density at radius 3 is 2.54 bits per heavy atom. The Kier molecular flexibility index (Phi) is 6.11. The van der Waals surface area contributed by atoms with E-state index in [9.17, 15) is 9.59 Å². The molecule has 3 N–H and O–H groups in total. The smallest absolute Gasteiger partial charge is 0.319 e. The van der Waals surface area contributed by atoms with Gasteiger partial charge in [0.15, 0.2) is 0 Å². The Bertz CT molecular complexity index is 902. The van der Waals surface area contributed by atoms with E-state index in [2.05, 4.69) is 16.0 Å². The van der Waals surface area contributed by atoms with E-state index in [4.69, 9.17) is 4.74 Å². The summed E-state index contributed by atoms with van der Waals surface area (Å²) in [6.45, 7) is 1.73. The van der Waals surface area contributed by atoms with E-state index in [1.54, 1.807) is 38.3 Å². The second-order valence-corrected chi connectivity index (χ2v) is 6.42. The van der Waals surface area contributed by atoms with Gasteiger partial charge < -0.3 is 20.7 Å². The van der Waals surface area contributed by atoms with E-state index in [1.165, 1.54) is 0 Å². The third-order valence-electron chi connectivity index (χ3n) is 4.43. The quantitative estimate of drug-likeness (QED) is 0.718. The zero-order valence-corrected chi connectivity index (χ0v) is 15.9. The molecule has 0 saturated carbocycles. The number of carbonyl (C=O) groups is 2. The number of urea groups is 1. The minimum absolute atomic E-state index is 0.256. The summed E-state index contributed by atoms with van der Waals surface area (Å²) in [5.74, 6) is 0.456. The predicted octanol–water partition coefficient (Wildman–Crippen LogP) is 3.69. The topological polar surface area (TPSA) is 79.5 Å². The molecule has 6 heteroatoms. The van der Waals surface area contributed by atoms with Crippen molar-refractivity contribution in [2.45, 2.75) is 19.4 Å². The van der Waals surface area contributed by atoms with Gasteiger partial charge in [-0.2, -0.15) is 0 Å². The first-order valence-corrected chi connectivity index (χ1v) is 9.02. The molecule has 1 atom stereocenters. The first kappa shape index (κ1) is 19.2. The van der Waals surface area contributed by atoms with Crippen LogP contribution in [0, 0.1) is 0 Å². The van der Waals surface area contributed by atoms with Gasteiger partial charge in [0.2, 0.25) is 0 Å². The highest BCUT2D eigenvalue weighted by Crippen LogP contribution is 2.20. The molecule has 1 aliphatic rings. The van der Waals surface area contributed by atoms with E-state index < -0.39 is 6.04 Å². The van der Waals surface area contributed by atoms with Gasteiger partial charge in [0.05, 0.1) is 18.7 Å². The highest BCUT2D eigenvalue weighted by Gasteiger charge is 2.29. The van der Waals surface area contributed by atoms with Gasteiger partial charge in [0.25, 0.3) is 5.91 Å². The number of amides is 3. The van der Waals surface area contributed by atoms with E-state index in [0.717, 1.165) is 5.56 Å². The average molecular weight is 377 g/mol. The molecule has 6 nitrogen and oxygen atoms in total. The van der Waals surface area contributed by atoms with Crippen LogP contribution in [0.2, 0.25) is 0 Å². The summed E-state index contributed by atoms with van der Waals surface area (Å²) in [5.41, 5.74) is 2.77. The maximum absolute atomic E-state index is 12.9. The fourth-order valence-corrected chi connectivity index (χ4v) is 3.05. The van der Waals surface area contributed by atoms with E-state index in [0.29, 0.717) is 29.1 Å². The van der Waals surface area contributed by atoms with Crippen LogP contribution in [-0.4, -0.2) is 25.1 Å². The lowest BCUT2D eigenvalue weighted by atomic mass is 9.98. The van der Waals surface area contributed by atoms with Crippen molar-refractivity contribution in [1.82, 2.24) is 10.6 Å². The summed E-state index contributed by atoms with van der Waals surface area (Å²) in [4.78, 5) is 24.8. The molecule has 0 spiro atoms. The lowest BCUT2D eigenvalue weighted by Gasteiger charge is -2.27. The van der Waals surface area contributed by atoms with Crippen molar-refractivity contribution in [3.63, 3.8) is 0 Å². The van der Waals surface area contributed by atoms with Crippen molar-refractivity contribution in [2.75, 3.05) is 12.4 Å². The third kappa shape index (κ3) is 4.79. The van der Waals surface area contributed by atoms with E-state index in [1.807, 2.05) is 42.5 Å². The molecule has 0 fully saturated rings. The summed E-state index contributed by atoms with van der Waals surface area (Å²) in [6, 6.07) is 16.2. The van der Waals surface area contributed by atoms with Gasteiger partial charge in [-0.05, 0) is 43.2 Å². The molecule has 144 valence electrons. The summed E-state index contributed by atoms with van der Waals surface area (Å²) in [7, 11) is 1.59. The molecule has 0 aliphatic carbocycles. The van der Waals surface area contributed by atoms with Crippen LogP contribution in [0.15, 0.2) is 71.9 Å². The van der Waals surface area contributed by atoms with Crippen LogP contribution in [0.3, 0.4) is 0 Å². The molecule has 0 aromatic heterocycles. The summed E-state index contributed by atoms with van der Waals surface area (Å²) < 4.78 is 5.13. The van der Waals surface area contributed by atoms with Crippen LogP contribution < -0.4 is 20.7 Å². The molecular weight excluding hydrogens is 354 g/mol. The Morgan fingerprint density at radius 2 is 1.86 bits per heavy atom. The molecule has 2 aromatic rings. The minimum atomic E-state index is -0.410. The van der Waals surface area contributed by atoms with Gasteiger partial charge in [0.1, 0.15) is 5.75 Å². The predicted molar refractivity (Wildman–Crippen MR) is 110 cm³/mol. The molecule has 0 bridgehead atoms. The Morgan fingerprint density at radius 1 is 1.14 bits per heavy atom. The fraction of sp³-hybridized carbons (Fsp3) is 0.182. The van der Waals surface area contributed by atoms with Crippen LogP contribution >= 0.6 is 0 Å². The summed E-state index contributed by atoms with van der Waals surface area (Å²) >= 11 is 0. The molecule has 0 radical (unpaired) electrons. The zero-order valence-electron chi connectivity index (χ0n) is 15.9. The first-order chi connectivity index (χ1) is 13.6. The zero-order chi connectivity index (χ0) is 19.9. The number of benzene rings is 2. The van der Waals surface area contributed by atoms with Gasteiger partial charge in [-0.1, -0.05) is 42.5 Å². The molecule has 1 heterocycles. The number of allylic oxidation sites excluding steroid dienone is 1. The van der Waals surface area contributed by atoms with Crippen LogP contribution in [0.5, 0.6) is 5.75 Å². The van der Waals surface area contributed by atoms with E-state index >= 15 is 0 Å². The maximum Gasteiger partial charge on any atom is 0.319 e. The number of hydrogen-bond donors (Lipinski definition) is 3. The summed E-state index contributed by atoms with van der Waals surface area (Å²) in [6.07, 6.45) is 4.44. The van der Waals surface area contributed by atoms with Gasteiger partial charge in [-0.25, -0.2) is 4.79 Å². The molecule has 28 heavy (non-hydrogen) atoms. The highest BCUT2D eigenvalue weighted by atomic mass is 16.5. The minimum Gasteiger partial charge on any atom is -0.497 e. The monoisotopic (exact) mass is 377 g/mol. The lowest BCUT2D eigenvalue weighted by Crippen LogP contribution is -2.50.